The summed E-state index contributed by atoms with van der Waals surface area (Å²) >= 11 is 0. The summed E-state index contributed by atoms with van der Waals surface area (Å²) in [7, 11) is 0. The maximum Gasteiger partial charge on any atom is 0.200 e. The Bertz CT molecular complexity index is 1150. The molecule has 0 fully saturated rings. The first-order chi connectivity index (χ1) is 15.5. The van der Waals surface area contributed by atoms with Crippen molar-refractivity contribution in [1.82, 2.24) is 29.9 Å². The minimum absolute atomic E-state index is 0.159. The summed E-state index contributed by atoms with van der Waals surface area (Å²) in [5.74, 6) is -2.11. The Morgan fingerprint density at radius 1 is 0.969 bits per heavy atom. The highest BCUT2D eigenvalue weighted by atomic mass is 19.2. The second kappa shape index (κ2) is 9.38. The van der Waals surface area contributed by atoms with Crippen LogP contribution in [0, 0.1) is 11.6 Å². The van der Waals surface area contributed by atoms with Gasteiger partial charge in [0.1, 0.15) is 6.33 Å². The van der Waals surface area contributed by atoms with E-state index < -0.39 is 17.4 Å². The molecule has 32 heavy (non-hydrogen) atoms. The molecule has 5 rings (SSSR count). The molecule has 1 aromatic carbocycles. The van der Waals surface area contributed by atoms with E-state index in [-0.39, 0.29) is 6.04 Å². The summed E-state index contributed by atoms with van der Waals surface area (Å²) < 4.78 is 27.0. The monoisotopic (exact) mass is 435 g/mol. The molecule has 0 saturated heterocycles. The van der Waals surface area contributed by atoms with Gasteiger partial charge in [0, 0.05) is 67.3 Å². The molecule has 0 bridgehead atoms. The lowest BCUT2D eigenvalue weighted by Gasteiger charge is -2.36. The summed E-state index contributed by atoms with van der Waals surface area (Å²) in [5.41, 5.74) is 2.17. The lowest BCUT2D eigenvalue weighted by atomic mass is 9.98. The third kappa shape index (κ3) is 4.48. The lowest BCUT2D eigenvalue weighted by Crippen LogP contribution is -2.34. The minimum Gasteiger partial charge on any atom is -0.505 e. The Labute approximate surface area is 182 Å². The Balaban J connectivity index is 0.000000354. The number of phenols is 1. The summed E-state index contributed by atoms with van der Waals surface area (Å²) in [5, 5.41) is 9.58. The molecule has 0 radical (unpaired) electrons. The van der Waals surface area contributed by atoms with Gasteiger partial charge in [0.05, 0.1) is 11.7 Å². The van der Waals surface area contributed by atoms with Gasteiger partial charge in [0.25, 0.3) is 0 Å². The van der Waals surface area contributed by atoms with E-state index in [1.807, 2.05) is 11.8 Å². The van der Waals surface area contributed by atoms with Crippen LogP contribution in [0.2, 0.25) is 0 Å². The van der Waals surface area contributed by atoms with Crippen molar-refractivity contribution in [3.8, 4) is 17.4 Å². The van der Waals surface area contributed by atoms with Crippen LogP contribution in [0.5, 0.6) is 5.75 Å². The molecule has 4 heterocycles. The predicted octanol–water partition coefficient (Wildman–Crippen LogP) is 3.52. The van der Waals surface area contributed by atoms with Crippen molar-refractivity contribution in [2.45, 2.75) is 19.4 Å². The zero-order valence-corrected chi connectivity index (χ0v) is 17.1. The average molecular weight is 435 g/mol. The van der Waals surface area contributed by atoms with Crippen LogP contribution in [0.3, 0.4) is 0 Å². The molecule has 0 aliphatic carbocycles. The van der Waals surface area contributed by atoms with Crippen LogP contribution >= 0.6 is 0 Å². The van der Waals surface area contributed by atoms with Crippen LogP contribution in [-0.4, -0.2) is 41.6 Å². The van der Waals surface area contributed by atoms with Crippen LogP contribution in [0.4, 0.5) is 14.5 Å². The van der Waals surface area contributed by atoms with Crippen molar-refractivity contribution < 1.29 is 13.9 Å². The third-order valence-corrected chi connectivity index (χ3v) is 4.98. The fourth-order valence-electron chi connectivity index (χ4n) is 3.42. The summed E-state index contributed by atoms with van der Waals surface area (Å²) in [6.07, 6.45) is 10.4. The van der Waals surface area contributed by atoms with Gasteiger partial charge in [-0.25, -0.2) is 34.3 Å². The molecule has 0 saturated carbocycles. The van der Waals surface area contributed by atoms with Crippen molar-refractivity contribution in [3.63, 3.8) is 0 Å². The van der Waals surface area contributed by atoms with Gasteiger partial charge in [-0.05, 0) is 19.1 Å². The van der Waals surface area contributed by atoms with Crippen molar-refractivity contribution in [2.75, 3.05) is 11.4 Å². The molecule has 1 atom stereocenters. The second-order valence-corrected chi connectivity index (χ2v) is 6.95. The summed E-state index contributed by atoms with van der Waals surface area (Å²) in [4.78, 5) is 26.4. The molecule has 1 aliphatic rings. The SMILES string of the molecule is CC1c2cnc(-c3ncccn3)nc2CCN1c1cc(O)c(F)c(F)c1.c1cncnc1. The van der Waals surface area contributed by atoms with E-state index in [0.717, 1.165) is 17.3 Å². The number of hydrogen-bond acceptors (Lipinski definition) is 8. The first-order valence-corrected chi connectivity index (χ1v) is 9.82. The van der Waals surface area contributed by atoms with Gasteiger partial charge in [-0.3, -0.25) is 0 Å². The normalized spacial score (nSPS) is 14.8. The van der Waals surface area contributed by atoms with Gasteiger partial charge >= 0.3 is 0 Å². The second-order valence-electron chi connectivity index (χ2n) is 6.95. The van der Waals surface area contributed by atoms with E-state index in [9.17, 15) is 13.9 Å². The van der Waals surface area contributed by atoms with Crippen molar-refractivity contribution >= 4 is 5.69 Å². The lowest BCUT2D eigenvalue weighted by molar-refractivity contribution is 0.406. The van der Waals surface area contributed by atoms with E-state index in [4.69, 9.17) is 0 Å². The molecule has 8 nitrogen and oxygen atoms in total. The molecule has 0 amide bonds. The molecule has 0 spiro atoms. The molecule has 3 aromatic heterocycles. The van der Waals surface area contributed by atoms with Crippen molar-refractivity contribution in [1.29, 1.82) is 0 Å². The number of fused-ring (bicyclic) bond motifs is 1. The number of nitrogens with zero attached hydrogens (tertiary/aromatic N) is 7. The minimum atomic E-state index is -1.24. The number of halogens is 2. The smallest absolute Gasteiger partial charge is 0.200 e. The van der Waals surface area contributed by atoms with Gasteiger partial charge < -0.3 is 10.0 Å². The van der Waals surface area contributed by atoms with E-state index in [2.05, 4.69) is 29.9 Å². The summed E-state index contributed by atoms with van der Waals surface area (Å²) in [6.45, 7) is 2.48. The number of aromatic hydroxyl groups is 1. The molecular formula is C22H19F2N7O. The number of rotatable bonds is 2. The van der Waals surface area contributed by atoms with Crippen LogP contribution < -0.4 is 4.90 Å². The molecule has 1 aliphatic heterocycles. The number of aromatic nitrogens is 6. The van der Waals surface area contributed by atoms with Crippen molar-refractivity contribution in [2.24, 2.45) is 0 Å². The number of hydrogen-bond donors (Lipinski definition) is 1. The highest BCUT2D eigenvalue weighted by Gasteiger charge is 2.27. The highest BCUT2D eigenvalue weighted by molar-refractivity contribution is 5.55. The topological polar surface area (TPSA) is 101 Å². The van der Waals surface area contributed by atoms with Gasteiger partial charge in [0.2, 0.25) is 0 Å². The van der Waals surface area contributed by atoms with Crippen LogP contribution in [0.25, 0.3) is 11.6 Å². The van der Waals surface area contributed by atoms with Crippen molar-refractivity contribution in [3.05, 3.63) is 84.5 Å². The molecular weight excluding hydrogens is 416 g/mol. The van der Waals surface area contributed by atoms with Gasteiger partial charge in [0.15, 0.2) is 29.0 Å². The summed E-state index contributed by atoms with van der Waals surface area (Å²) in [6, 6.07) is 5.66. The van der Waals surface area contributed by atoms with Gasteiger partial charge in [-0.1, -0.05) is 0 Å². The fraction of sp³-hybridized carbons (Fsp3) is 0.182. The quantitative estimate of drug-likeness (QED) is 0.511. The number of phenolic OH excluding ortho intramolecular Hbond substituents is 1. The molecule has 10 heteroatoms. The molecule has 4 aromatic rings. The van der Waals surface area contributed by atoms with Crippen LogP contribution in [-0.2, 0) is 6.42 Å². The number of anilines is 1. The first kappa shape index (κ1) is 21.2. The van der Waals surface area contributed by atoms with E-state index in [1.165, 1.54) is 12.4 Å². The van der Waals surface area contributed by atoms with E-state index in [1.54, 1.807) is 43.1 Å². The third-order valence-electron chi connectivity index (χ3n) is 4.98. The Hall–Kier alpha value is -4.08. The largest absolute Gasteiger partial charge is 0.505 e. The zero-order valence-electron chi connectivity index (χ0n) is 17.1. The Kier molecular flexibility index (Phi) is 6.20. The molecule has 162 valence electrons. The fourth-order valence-corrected chi connectivity index (χ4v) is 3.42. The standard InChI is InChI=1S/C18H15F2N5O.C4H4N2/c1-10-12-9-23-18(17-21-4-2-5-22-17)24-14(12)3-6-25(10)11-7-13(19)16(20)15(26)8-11;1-2-5-4-6-3-1/h2,4-5,7-10,26H,3,6H2,1H3;1-4H. The van der Waals surface area contributed by atoms with E-state index in [0.29, 0.717) is 30.3 Å². The van der Waals surface area contributed by atoms with Gasteiger partial charge in [-0.15, -0.1) is 0 Å². The first-order valence-electron chi connectivity index (χ1n) is 9.82. The zero-order chi connectivity index (χ0) is 22.5. The maximum atomic E-state index is 13.7. The molecule has 1 N–H and O–H groups in total. The van der Waals surface area contributed by atoms with E-state index >= 15 is 0 Å². The van der Waals surface area contributed by atoms with Crippen LogP contribution in [0.15, 0.2) is 61.6 Å². The Morgan fingerprint density at radius 2 is 1.69 bits per heavy atom. The predicted molar refractivity (Wildman–Crippen MR) is 113 cm³/mol. The molecule has 1 unspecified atom stereocenters. The van der Waals surface area contributed by atoms with Gasteiger partial charge in [-0.2, -0.15) is 4.39 Å². The Morgan fingerprint density at radius 3 is 2.31 bits per heavy atom. The average Bonchev–Trinajstić information content (AvgIpc) is 2.84. The van der Waals surface area contributed by atoms with Crippen LogP contribution in [0.1, 0.15) is 24.2 Å². The maximum absolute atomic E-state index is 13.7. The highest BCUT2D eigenvalue weighted by Crippen LogP contribution is 2.35. The number of benzene rings is 1.